The van der Waals surface area contributed by atoms with Crippen molar-refractivity contribution in [3.63, 3.8) is 0 Å². The number of hydrogen-bond donors (Lipinski definition) is 2. The van der Waals surface area contributed by atoms with Gasteiger partial charge in [0.05, 0.1) is 10.5 Å². The molecule has 0 spiro atoms. The summed E-state index contributed by atoms with van der Waals surface area (Å²) < 4.78 is 26.6. The predicted octanol–water partition coefficient (Wildman–Crippen LogP) is 1.65. The minimum atomic E-state index is -3.48. The molecule has 5 nitrogen and oxygen atoms in total. The van der Waals surface area contributed by atoms with Gasteiger partial charge in [-0.05, 0) is 24.6 Å². The molecule has 2 heterocycles. The predicted molar refractivity (Wildman–Crippen MR) is 66.8 cm³/mol. The molecule has 0 amide bonds. The lowest BCUT2D eigenvalue weighted by Gasteiger charge is -2.02. The number of nitrogens with one attached hydrogen (secondary N) is 2. The van der Waals surface area contributed by atoms with Crippen LogP contribution in [0.25, 0.3) is 0 Å². The Bertz CT molecular complexity index is 577. The smallest absolute Gasteiger partial charge is 0.257 e. The van der Waals surface area contributed by atoms with Gasteiger partial charge in [0.2, 0.25) is 0 Å². The molecule has 0 aliphatic heterocycles. The third kappa shape index (κ3) is 3.29. The fraction of sp³-hybridized carbons (Fsp3) is 0.222. The van der Waals surface area contributed by atoms with Gasteiger partial charge in [0, 0.05) is 11.4 Å². The molecule has 0 radical (unpaired) electrons. The van der Waals surface area contributed by atoms with Crippen molar-refractivity contribution in [1.29, 1.82) is 0 Å². The first-order chi connectivity index (χ1) is 8.08. The van der Waals surface area contributed by atoms with Crippen molar-refractivity contribution >= 4 is 33.0 Å². The van der Waals surface area contributed by atoms with Crippen LogP contribution in [0.5, 0.6) is 0 Å². The quantitative estimate of drug-likeness (QED) is 0.879. The third-order valence-electron chi connectivity index (χ3n) is 2.06. The molecule has 0 atom stereocenters. The molecule has 0 aromatic carbocycles. The fourth-order valence-corrected chi connectivity index (χ4v) is 3.29. The molecule has 2 N–H and O–H groups in total. The molecule has 0 aliphatic carbocycles. The average molecular weight is 292 g/mol. The van der Waals surface area contributed by atoms with Crippen LogP contribution in [-0.2, 0) is 16.4 Å². The normalized spacial score (nSPS) is 11.8. The van der Waals surface area contributed by atoms with Gasteiger partial charge >= 0.3 is 0 Å². The van der Waals surface area contributed by atoms with Crippen LogP contribution in [0, 0.1) is 0 Å². The maximum atomic E-state index is 11.7. The number of aromatic amines is 1. The summed E-state index contributed by atoms with van der Waals surface area (Å²) in [5.74, 6) is 0. The molecule has 8 heteroatoms. The van der Waals surface area contributed by atoms with Crippen LogP contribution in [0.15, 0.2) is 29.4 Å². The minimum Gasteiger partial charge on any atom is -0.266 e. The molecule has 0 saturated heterocycles. The number of aromatic nitrogens is 2. The van der Waals surface area contributed by atoms with Gasteiger partial charge in [0.1, 0.15) is 0 Å². The molecule has 17 heavy (non-hydrogen) atoms. The van der Waals surface area contributed by atoms with Crippen molar-refractivity contribution in [3.8, 4) is 0 Å². The third-order valence-corrected chi connectivity index (χ3v) is 4.74. The van der Waals surface area contributed by atoms with Gasteiger partial charge in [0.15, 0.2) is 5.03 Å². The maximum absolute atomic E-state index is 11.7. The zero-order valence-corrected chi connectivity index (χ0v) is 11.1. The Morgan fingerprint density at radius 2 is 2.24 bits per heavy atom. The van der Waals surface area contributed by atoms with Crippen molar-refractivity contribution in [2.75, 3.05) is 6.54 Å². The van der Waals surface area contributed by atoms with Gasteiger partial charge in [-0.2, -0.15) is 5.10 Å². The Morgan fingerprint density at radius 3 is 2.82 bits per heavy atom. The van der Waals surface area contributed by atoms with E-state index in [2.05, 4.69) is 14.9 Å². The van der Waals surface area contributed by atoms with Crippen molar-refractivity contribution in [2.45, 2.75) is 11.4 Å². The van der Waals surface area contributed by atoms with E-state index in [0.29, 0.717) is 17.3 Å². The van der Waals surface area contributed by atoms with Crippen molar-refractivity contribution in [1.82, 2.24) is 14.9 Å². The second-order valence-electron chi connectivity index (χ2n) is 3.27. The van der Waals surface area contributed by atoms with E-state index in [9.17, 15) is 8.42 Å². The van der Waals surface area contributed by atoms with Crippen LogP contribution in [0.4, 0.5) is 0 Å². The van der Waals surface area contributed by atoms with E-state index in [0.717, 1.165) is 4.88 Å². The van der Waals surface area contributed by atoms with E-state index in [1.54, 1.807) is 6.07 Å². The first kappa shape index (κ1) is 12.6. The summed E-state index contributed by atoms with van der Waals surface area (Å²) in [6, 6.07) is 5.09. The van der Waals surface area contributed by atoms with Gasteiger partial charge in [-0.1, -0.05) is 11.6 Å². The van der Waals surface area contributed by atoms with Crippen LogP contribution in [-0.4, -0.2) is 25.2 Å². The van der Waals surface area contributed by atoms with Crippen LogP contribution < -0.4 is 4.72 Å². The first-order valence-electron chi connectivity index (χ1n) is 4.81. The second-order valence-corrected chi connectivity index (χ2v) is 6.81. The zero-order valence-electron chi connectivity index (χ0n) is 8.68. The Kier molecular flexibility index (Phi) is 3.82. The molecule has 2 aromatic rings. The highest BCUT2D eigenvalue weighted by molar-refractivity contribution is 7.89. The van der Waals surface area contributed by atoms with E-state index in [1.165, 1.54) is 23.6 Å². The Balaban J connectivity index is 1.91. The number of rotatable bonds is 5. The summed E-state index contributed by atoms with van der Waals surface area (Å²) >= 11 is 7.22. The van der Waals surface area contributed by atoms with Crippen LogP contribution >= 0.6 is 22.9 Å². The summed E-state index contributed by atoms with van der Waals surface area (Å²) in [5, 5.41) is 6.08. The maximum Gasteiger partial charge on any atom is 0.257 e. The van der Waals surface area contributed by atoms with E-state index < -0.39 is 10.0 Å². The molecule has 0 bridgehead atoms. The van der Waals surface area contributed by atoms with Crippen LogP contribution in [0.1, 0.15) is 4.88 Å². The van der Waals surface area contributed by atoms with Gasteiger partial charge in [-0.25, -0.2) is 13.1 Å². The standard InChI is InChI=1S/C9H10ClN3O2S2/c10-8-2-1-7(16-8)3-6-12-17(14,15)9-4-5-11-13-9/h1-2,4-5,12H,3,6H2,(H,11,13). The van der Waals surface area contributed by atoms with Crippen molar-refractivity contribution in [2.24, 2.45) is 0 Å². The van der Waals surface area contributed by atoms with Crippen LogP contribution in [0.3, 0.4) is 0 Å². The Hall–Kier alpha value is -0.890. The summed E-state index contributed by atoms with van der Waals surface area (Å²) in [6.45, 7) is 0.332. The molecule has 2 rings (SSSR count). The molecular formula is C9H10ClN3O2S2. The lowest BCUT2D eigenvalue weighted by molar-refractivity contribution is 0.577. The molecule has 0 saturated carbocycles. The number of H-pyrrole nitrogens is 1. The lowest BCUT2D eigenvalue weighted by Crippen LogP contribution is -2.26. The fourth-order valence-electron chi connectivity index (χ4n) is 1.27. The number of halogens is 1. The Labute approximate surface area is 108 Å². The lowest BCUT2D eigenvalue weighted by atomic mass is 10.3. The van der Waals surface area contributed by atoms with Gasteiger partial charge in [-0.15, -0.1) is 11.3 Å². The number of sulfonamides is 1. The number of nitrogens with zero attached hydrogens (tertiary/aromatic N) is 1. The average Bonchev–Trinajstić information content (AvgIpc) is 2.89. The minimum absolute atomic E-state index is 0.0710. The number of hydrogen-bond acceptors (Lipinski definition) is 4. The van der Waals surface area contributed by atoms with Crippen LogP contribution in [0.2, 0.25) is 4.34 Å². The highest BCUT2D eigenvalue weighted by Crippen LogP contribution is 2.21. The summed E-state index contributed by atoms with van der Waals surface area (Å²) in [7, 11) is -3.48. The van der Waals surface area contributed by atoms with Gasteiger partial charge < -0.3 is 0 Å². The summed E-state index contributed by atoms with van der Waals surface area (Å²) in [4.78, 5) is 1.04. The zero-order chi connectivity index (χ0) is 12.3. The molecule has 2 aromatic heterocycles. The summed E-state index contributed by atoms with van der Waals surface area (Å²) in [5.41, 5.74) is 0. The van der Waals surface area contributed by atoms with Crippen molar-refractivity contribution < 1.29 is 8.42 Å². The monoisotopic (exact) mass is 291 g/mol. The summed E-state index contributed by atoms with van der Waals surface area (Å²) in [6.07, 6.45) is 2.01. The highest BCUT2D eigenvalue weighted by atomic mass is 35.5. The largest absolute Gasteiger partial charge is 0.266 e. The van der Waals surface area contributed by atoms with E-state index in [4.69, 9.17) is 11.6 Å². The SMILES string of the molecule is O=S(=O)(NCCc1ccc(Cl)s1)c1ccn[nH]1. The molecule has 0 fully saturated rings. The topological polar surface area (TPSA) is 74.8 Å². The van der Waals surface area contributed by atoms with E-state index >= 15 is 0 Å². The van der Waals surface area contributed by atoms with E-state index in [1.807, 2.05) is 6.07 Å². The van der Waals surface area contributed by atoms with Gasteiger partial charge in [-0.3, -0.25) is 5.10 Å². The Morgan fingerprint density at radius 1 is 1.41 bits per heavy atom. The number of thiophene rings is 1. The van der Waals surface area contributed by atoms with Gasteiger partial charge in [0.25, 0.3) is 10.0 Å². The highest BCUT2D eigenvalue weighted by Gasteiger charge is 2.14. The van der Waals surface area contributed by atoms with E-state index in [-0.39, 0.29) is 5.03 Å². The van der Waals surface area contributed by atoms with Crippen molar-refractivity contribution in [3.05, 3.63) is 33.6 Å². The molecule has 92 valence electrons. The second kappa shape index (κ2) is 5.18. The molecule has 0 unspecified atom stereocenters. The first-order valence-corrected chi connectivity index (χ1v) is 7.49. The molecular weight excluding hydrogens is 282 g/mol. The molecule has 0 aliphatic rings.